The maximum atomic E-state index is 12.5. The molecule has 0 bridgehead atoms. The molecule has 0 fully saturated rings. The third-order valence-electron chi connectivity index (χ3n) is 2.74. The van der Waals surface area contributed by atoms with Crippen molar-refractivity contribution in [1.29, 1.82) is 0 Å². The summed E-state index contributed by atoms with van der Waals surface area (Å²) in [6.45, 7) is 2.48. The molecule has 1 rings (SSSR count). The van der Waals surface area contributed by atoms with Crippen LogP contribution in [0, 0.1) is 5.92 Å². The maximum Gasteiger partial charge on any atom is 0.416 e. The van der Waals surface area contributed by atoms with E-state index in [0.717, 1.165) is 12.1 Å². The van der Waals surface area contributed by atoms with Crippen LogP contribution in [0.15, 0.2) is 24.3 Å². The van der Waals surface area contributed by atoms with Gasteiger partial charge in [-0.25, -0.2) is 0 Å². The number of nitrogens with one attached hydrogen (secondary N) is 1. The lowest BCUT2D eigenvalue weighted by Gasteiger charge is -2.15. The van der Waals surface area contributed by atoms with E-state index in [9.17, 15) is 18.3 Å². The molecule has 0 aliphatic rings. The summed E-state index contributed by atoms with van der Waals surface area (Å²) < 4.78 is 37.5. The van der Waals surface area contributed by atoms with Gasteiger partial charge in [-0.3, -0.25) is 0 Å². The minimum atomic E-state index is -4.41. The van der Waals surface area contributed by atoms with Crippen molar-refractivity contribution < 1.29 is 23.4 Å². The molecule has 6 heteroatoms. The zero-order valence-electron chi connectivity index (χ0n) is 10.6. The number of rotatable bonds is 6. The molecule has 0 spiro atoms. The number of alkyl halides is 3. The summed E-state index contributed by atoms with van der Waals surface area (Å²) in [4.78, 5) is 0. The Kier molecular flexibility index (Phi) is 5.78. The molecular formula is C13H18F3NO2. The van der Waals surface area contributed by atoms with Gasteiger partial charge in [0.2, 0.25) is 0 Å². The number of benzene rings is 1. The highest BCUT2D eigenvalue weighted by Crippen LogP contribution is 2.30. The lowest BCUT2D eigenvalue weighted by atomic mass is 10.1. The third kappa shape index (κ3) is 5.18. The van der Waals surface area contributed by atoms with Gasteiger partial charge >= 0.3 is 6.18 Å². The van der Waals surface area contributed by atoms with Gasteiger partial charge in [-0.2, -0.15) is 13.2 Å². The van der Waals surface area contributed by atoms with E-state index >= 15 is 0 Å². The zero-order valence-corrected chi connectivity index (χ0v) is 10.6. The van der Waals surface area contributed by atoms with E-state index in [1.165, 1.54) is 12.1 Å². The first-order chi connectivity index (χ1) is 8.84. The Labute approximate surface area is 110 Å². The molecule has 3 N–H and O–H groups in total. The molecule has 0 saturated carbocycles. The smallest absolute Gasteiger partial charge is 0.396 e. The topological polar surface area (TPSA) is 52.5 Å². The molecule has 3 nitrogen and oxygen atoms in total. The van der Waals surface area contributed by atoms with Crippen molar-refractivity contribution >= 4 is 0 Å². The molecule has 0 heterocycles. The van der Waals surface area contributed by atoms with Gasteiger partial charge in [0.1, 0.15) is 0 Å². The van der Waals surface area contributed by atoms with Crippen molar-refractivity contribution in [3.05, 3.63) is 35.4 Å². The molecule has 2 unspecified atom stereocenters. The van der Waals surface area contributed by atoms with E-state index in [1.807, 2.05) is 6.92 Å². The van der Waals surface area contributed by atoms with Crippen molar-refractivity contribution in [2.75, 3.05) is 19.7 Å². The Bertz CT molecular complexity index is 396. The molecule has 0 radical (unpaired) electrons. The van der Waals surface area contributed by atoms with Crippen LogP contribution in [0.3, 0.4) is 0 Å². The predicted molar refractivity (Wildman–Crippen MR) is 65.5 cm³/mol. The van der Waals surface area contributed by atoms with E-state index in [2.05, 4.69) is 5.32 Å². The van der Waals surface area contributed by atoms with Gasteiger partial charge in [-0.05, 0) is 30.2 Å². The average Bonchev–Trinajstić information content (AvgIpc) is 2.37. The summed E-state index contributed by atoms with van der Waals surface area (Å²) in [6.07, 6.45) is -5.41. The van der Waals surface area contributed by atoms with Crippen LogP contribution in [0.5, 0.6) is 0 Å². The van der Waals surface area contributed by atoms with Crippen LogP contribution in [0.2, 0.25) is 0 Å². The van der Waals surface area contributed by atoms with Crippen LogP contribution in [-0.2, 0) is 6.18 Å². The van der Waals surface area contributed by atoms with E-state index in [1.54, 1.807) is 0 Å². The quantitative estimate of drug-likeness (QED) is 0.745. The minimum Gasteiger partial charge on any atom is -0.396 e. The summed E-state index contributed by atoms with van der Waals surface area (Å²) in [5.74, 6) is 0.0358. The van der Waals surface area contributed by atoms with E-state index in [-0.39, 0.29) is 24.6 Å². The Morgan fingerprint density at radius 2 is 1.95 bits per heavy atom. The fraction of sp³-hybridized carbons (Fsp3) is 0.538. The van der Waals surface area contributed by atoms with Crippen molar-refractivity contribution in [2.45, 2.75) is 19.2 Å². The van der Waals surface area contributed by atoms with Gasteiger partial charge in [0, 0.05) is 13.2 Å². The van der Waals surface area contributed by atoms with Gasteiger partial charge in [0.15, 0.2) is 0 Å². The second-order valence-electron chi connectivity index (χ2n) is 4.59. The first kappa shape index (κ1) is 15.9. The number of hydrogen-bond acceptors (Lipinski definition) is 3. The highest BCUT2D eigenvalue weighted by Gasteiger charge is 2.30. The maximum absolute atomic E-state index is 12.5. The average molecular weight is 277 g/mol. The second-order valence-corrected chi connectivity index (χ2v) is 4.59. The van der Waals surface area contributed by atoms with Gasteiger partial charge < -0.3 is 15.5 Å². The van der Waals surface area contributed by atoms with Gasteiger partial charge in [0.05, 0.1) is 11.7 Å². The number of aliphatic hydroxyl groups excluding tert-OH is 2. The largest absolute Gasteiger partial charge is 0.416 e. The van der Waals surface area contributed by atoms with Crippen LogP contribution >= 0.6 is 0 Å². The molecule has 108 valence electrons. The summed E-state index contributed by atoms with van der Waals surface area (Å²) in [7, 11) is 0. The Morgan fingerprint density at radius 3 is 2.53 bits per heavy atom. The third-order valence-corrected chi connectivity index (χ3v) is 2.74. The van der Waals surface area contributed by atoms with E-state index in [4.69, 9.17) is 5.11 Å². The predicted octanol–water partition coefficient (Wildman–Crippen LogP) is 1.96. The van der Waals surface area contributed by atoms with Crippen LogP contribution in [-0.4, -0.2) is 29.9 Å². The number of halogens is 3. The molecular weight excluding hydrogens is 259 g/mol. The Balaban J connectivity index is 2.60. The highest BCUT2D eigenvalue weighted by molar-refractivity contribution is 5.27. The van der Waals surface area contributed by atoms with Gasteiger partial charge in [0.25, 0.3) is 0 Å². The summed E-state index contributed by atoms with van der Waals surface area (Å²) in [5, 5.41) is 21.5. The molecule has 0 aliphatic heterocycles. The molecule has 0 aliphatic carbocycles. The lowest BCUT2D eigenvalue weighted by Crippen LogP contribution is -2.27. The van der Waals surface area contributed by atoms with E-state index in [0.29, 0.717) is 6.54 Å². The van der Waals surface area contributed by atoms with Gasteiger partial charge in [-0.15, -0.1) is 0 Å². The second kappa shape index (κ2) is 6.88. The standard InChI is InChI=1S/C13H18F3NO2/c1-9(8-18)6-17-7-12(19)10-3-2-4-11(5-10)13(14,15)16/h2-5,9,12,17-19H,6-8H2,1H3. The van der Waals surface area contributed by atoms with Gasteiger partial charge in [-0.1, -0.05) is 19.1 Å². The van der Waals surface area contributed by atoms with E-state index < -0.39 is 17.8 Å². The Hall–Kier alpha value is -1.11. The van der Waals surface area contributed by atoms with Crippen LogP contribution < -0.4 is 5.32 Å². The van der Waals surface area contributed by atoms with Crippen LogP contribution in [0.25, 0.3) is 0 Å². The van der Waals surface area contributed by atoms with Crippen molar-refractivity contribution in [3.8, 4) is 0 Å². The van der Waals surface area contributed by atoms with Crippen LogP contribution in [0.4, 0.5) is 13.2 Å². The minimum absolute atomic E-state index is 0.0205. The fourth-order valence-electron chi connectivity index (χ4n) is 1.57. The summed E-state index contributed by atoms with van der Waals surface area (Å²) in [5.41, 5.74) is -0.549. The first-order valence-electron chi connectivity index (χ1n) is 6.01. The molecule has 0 aromatic heterocycles. The van der Waals surface area contributed by atoms with Crippen molar-refractivity contribution in [3.63, 3.8) is 0 Å². The molecule has 2 atom stereocenters. The molecule has 0 amide bonds. The lowest BCUT2D eigenvalue weighted by molar-refractivity contribution is -0.137. The van der Waals surface area contributed by atoms with Crippen molar-refractivity contribution in [2.24, 2.45) is 5.92 Å². The summed E-state index contributed by atoms with van der Waals surface area (Å²) >= 11 is 0. The Morgan fingerprint density at radius 1 is 1.26 bits per heavy atom. The van der Waals surface area contributed by atoms with Crippen LogP contribution in [0.1, 0.15) is 24.2 Å². The van der Waals surface area contributed by atoms with Crippen molar-refractivity contribution in [1.82, 2.24) is 5.32 Å². The number of hydrogen-bond donors (Lipinski definition) is 3. The highest BCUT2D eigenvalue weighted by atomic mass is 19.4. The summed E-state index contributed by atoms with van der Waals surface area (Å²) in [6, 6.07) is 4.65. The zero-order chi connectivity index (χ0) is 14.5. The molecule has 1 aromatic carbocycles. The molecule has 0 saturated heterocycles. The monoisotopic (exact) mass is 277 g/mol. The first-order valence-corrected chi connectivity index (χ1v) is 6.01. The molecule has 1 aromatic rings. The molecule has 19 heavy (non-hydrogen) atoms. The fourth-order valence-corrected chi connectivity index (χ4v) is 1.57. The number of aliphatic hydroxyl groups is 2. The SMILES string of the molecule is CC(CO)CNCC(O)c1cccc(C(F)(F)F)c1. The normalized spacial score (nSPS) is 15.3.